The summed E-state index contributed by atoms with van der Waals surface area (Å²) in [6.07, 6.45) is 7.38. The lowest BCUT2D eigenvalue weighted by Gasteiger charge is -2.49. The van der Waals surface area contributed by atoms with Crippen LogP contribution >= 0.6 is 0 Å². The number of phenols is 1. The van der Waals surface area contributed by atoms with Crippen LogP contribution in [0.15, 0.2) is 35.3 Å². The molecule has 1 N–H and O–H groups in total. The monoisotopic (exact) mass is 432 g/mol. The van der Waals surface area contributed by atoms with Gasteiger partial charge in [0.1, 0.15) is 17.5 Å². The molecule has 7 rings (SSSR count). The van der Waals surface area contributed by atoms with Crippen LogP contribution in [0.4, 0.5) is 5.69 Å². The van der Waals surface area contributed by atoms with E-state index in [0.717, 1.165) is 29.4 Å². The summed E-state index contributed by atoms with van der Waals surface area (Å²) in [4.78, 5) is 16.1. The third-order valence-electron chi connectivity index (χ3n) is 8.86. The summed E-state index contributed by atoms with van der Waals surface area (Å²) in [6, 6.07) is 8.01. The van der Waals surface area contributed by atoms with E-state index in [1.165, 1.54) is 61.4 Å². The molecule has 2 aliphatic heterocycles. The van der Waals surface area contributed by atoms with E-state index in [9.17, 15) is 15.2 Å². The molecule has 0 spiro atoms. The number of nitrogens with zero attached hydrogens (tertiary/aromatic N) is 2. The van der Waals surface area contributed by atoms with Crippen LogP contribution < -0.4 is 4.74 Å². The molecule has 5 aliphatic rings. The molecule has 1 unspecified atom stereocenters. The van der Waals surface area contributed by atoms with Gasteiger partial charge in [-0.3, -0.25) is 15.1 Å². The maximum Gasteiger partial charge on any atom is 0.270 e. The molecule has 3 aliphatic carbocycles. The topological polar surface area (TPSA) is 85.0 Å². The number of ether oxygens (including phenoxy) is 1. The van der Waals surface area contributed by atoms with E-state index < -0.39 is 11.0 Å². The summed E-state index contributed by atoms with van der Waals surface area (Å²) in [5.74, 6) is 2.62. The molecule has 2 aromatic rings. The lowest BCUT2D eigenvalue weighted by atomic mass is 9.55. The standard InChI is InChI=1S/C26H28N2O4/c1-26-8-3-4-21(26)17-12-22-18-13-24(32-2)20(11-16(18)15(17)7-9-26)25(27-22)19-10-14(28(30)31)5-6-23(19)29/h5-6,10-11,13,15,17,21,25,29H,3-4,7-9,12H2,1-2H3/t15-,17-,21+,25?,26+/m1/s1. The summed E-state index contributed by atoms with van der Waals surface area (Å²) in [5.41, 5.74) is 5.34. The number of nitro benzene ring substituents is 1. The zero-order chi connectivity index (χ0) is 22.2. The van der Waals surface area contributed by atoms with Gasteiger partial charge in [-0.2, -0.15) is 0 Å². The van der Waals surface area contributed by atoms with Crippen LogP contribution in [-0.2, 0) is 0 Å². The number of aliphatic imine (C=N–C) groups is 1. The highest BCUT2D eigenvalue weighted by atomic mass is 16.6. The highest BCUT2D eigenvalue weighted by molar-refractivity contribution is 6.05. The number of methoxy groups -OCH3 is 1. The minimum Gasteiger partial charge on any atom is -0.508 e. The van der Waals surface area contributed by atoms with Crippen LogP contribution in [-0.4, -0.2) is 22.9 Å². The van der Waals surface area contributed by atoms with Crippen molar-refractivity contribution in [3.05, 3.63) is 62.7 Å². The first-order valence-corrected chi connectivity index (χ1v) is 11.7. The fraction of sp³-hybridized carbons (Fsp3) is 0.500. The third kappa shape index (κ3) is 2.68. The van der Waals surface area contributed by atoms with Gasteiger partial charge in [0.15, 0.2) is 0 Å². The van der Waals surface area contributed by atoms with Crippen molar-refractivity contribution in [1.82, 2.24) is 0 Å². The molecule has 0 aromatic heterocycles. The summed E-state index contributed by atoms with van der Waals surface area (Å²) < 4.78 is 5.73. The molecule has 2 heterocycles. The molecule has 4 bridgehead atoms. The molecule has 0 saturated heterocycles. The van der Waals surface area contributed by atoms with Crippen LogP contribution in [0.2, 0.25) is 0 Å². The SMILES string of the molecule is COc1cc2c3cc1C(c1cc([N+](=O)[O-])ccc1O)N=C2C[C@@H]1[C@@H]3CC[C@]2(C)CCC[C@@H]12. The Morgan fingerprint density at radius 1 is 1.16 bits per heavy atom. The van der Waals surface area contributed by atoms with E-state index in [1.807, 2.05) is 0 Å². The molecule has 32 heavy (non-hydrogen) atoms. The number of hydrogen-bond donors (Lipinski definition) is 1. The van der Waals surface area contributed by atoms with Crippen molar-refractivity contribution in [3.63, 3.8) is 0 Å². The Labute approximate surface area is 187 Å². The molecule has 2 aromatic carbocycles. The minimum absolute atomic E-state index is 0.0250. The van der Waals surface area contributed by atoms with Gasteiger partial charge in [-0.1, -0.05) is 13.3 Å². The van der Waals surface area contributed by atoms with Crippen molar-refractivity contribution >= 4 is 11.4 Å². The average molecular weight is 433 g/mol. The molecule has 5 atom stereocenters. The highest BCUT2D eigenvalue weighted by Crippen LogP contribution is 2.62. The van der Waals surface area contributed by atoms with Crippen molar-refractivity contribution in [1.29, 1.82) is 0 Å². The first kappa shape index (κ1) is 19.8. The fourth-order valence-corrected chi connectivity index (χ4v) is 7.31. The Hall–Kier alpha value is -2.89. The van der Waals surface area contributed by atoms with Gasteiger partial charge in [0, 0.05) is 34.5 Å². The lowest BCUT2D eigenvalue weighted by molar-refractivity contribution is -0.384. The molecule has 6 nitrogen and oxygen atoms in total. The smallest absolute Gasteiger partial charge is 0.270 e. The second kappa shape index (κ2) is 6.80. The van der Waals surface area contributed by atoms with Gasteiger partial charge in [-0.25, -0.2) is 0 Å². The van der Waals surface area contributed by atoms with Gasteiger partial charge in [-0.05, 0) is 79.0 Å². The first-order valence-electron chi connectivity index (χ1n) is 11.7. The van der Waals surface area contributed by atoms with Crippen molar-refractivity contribution in [3.8, 4) is 11.5 Å². The molecule has 0 amide bonds. The lowest BCUT2D eigenvalue weighted by Crippen LogP contribution is -2.41. The largest absolute Gasteiger partial charge is 0.508 e. The first-order chi connectivity index (χ1) is 15.4. The minimum atomic E-state index is -0.513. The Bertz CT molecular complexity index is 1170. The molecule has 0 radical (unpaired) electrons. The number of hydrogen-bond acceptors (Lipinski definition) is 5. The van der Waals surface area contributed by atoms with Gasteiger partial charge in [0.25, 0.3) is 5.69 Å². The molecule has 166 valence electrons. The summed E-state index contributed by atoms with van der Waals surface area (Å²) >= 11 is 0. The number of phenolic OH excluding ortho intramolecular Hbond substituents is 1. The van der Waals surface area contributed by atoms with E-state index in [0.29, 0.717) is 22.8 Å². The second-order valence-corrected chi connectivity index (χ2v) is 10.3. The van der Waals surface area contributed by atoms with Crippen LogP contribution in [0.5, 0.6) is 11.5 Å². The van der Waals surface area contributed by atoms with E-state index in [-0.39, 0.29) is 11.4 Å². The zero-order valence-electron chi connectivity index (χ0n) is 18.5. The van der Waals surface area contributed by atoms with Gasteiger partial charge >= 0.3 is 0 Å². The third-order valence-corrected chi connectivity index (χ3v) is 8.86. The molecular weight excluding hydrogens is 404 g/mol. The van der Waals surface area contributed by atoms with Gasteiger partial charge < -0.3 is 9.84 Å². The van der Waals surface area contributed by atoms with Crippen LogP contribution in [0, 0.1) is 27.4 Å². The quantitative estimate of drug-likeness (QED) is 0.483. The number of nitro groups is 1. The summed E-state index contributed by atoms with van der Waals surface area (Å²) in [6.45, 7) is 2.48. The van der Waals surface area contributed by atoms with E-state index in [2.05, 4.69) is 19.1 Å². The van der Waals surface area contributed by atoms with Gasteiger partial charge in [-0.15, -0.1) is 0 Å². The van der Waals surface area contributed by atoms with Crippen molar-refractivity contribution in [2.45, 2.75) is 57.4 Å². The Kier molecular flexibility index (Phi) is 4.20. The predicted octanol–water partition coefficient (Wildman–Crippen LogP) is 5.90. The number of benzene rings is 2. The number of fused-ring (bicyclic) bond motifs is 5. The van der Waals surface area contributed by atoms with E-state index in [1.54, 1.807) is 7.11 Å². The molecular formula is C26H28N2O4. The van der Waals surface area contributed by atoms with Gasteiger partial charge in [0.2, 0.25) is 0 Å². The second-order valence-electron chi connectivity index (χ2n) is 10.3. The summed E-state index contributed by atoms with van der Waals surface area (Å²) in [7, 11) is 1.65. The van der Waals surface area contributed by atoms with Crippen molar-refractivity contribution < 1.29 is 14.8 Å². The Balaban J connectivity index is 1.52. The fourth-order valence-electron chi connectivity index (χ4n) is 7.31. The van der Waals surface area contributed by atoms with Gasteiger partial charge in [0.05, 0.1) is 12.0 Å². The van der Waals surface area contributed by atoms with Crippen LogP contribution in [0.1, 0.15) is 79.7 Å². The maximum absolute atomic E-state index is 11.4. The highest BCUT2D eigenvalue weighted by Gasteiger charge is 2.52. The Morgan fingerprint density at radius 3 is 2.78 bits per heavy atom. The van der Waals surface area contributed by atoms with Crippen molar-refractivity contribution in [2.75, 3.05) is 7.11 Å². The van der Waals surface area contributed by atoms with Crippen LogP contribution in [0.3, 0.4) is 0 Å². The van der Waals surface area contributed by atoms with Crippen LogP contribution in [0.25, 0.3) is 0 Å². The Morgan fingerprint density at radius 2 is 2.00 bits per heavy atom. The number of rotatable bonds is 3. The van der Waals surface area contributed by atoms with E-state index >= 15 is 0 Å². The van der Waals surface area contributed by atoms with E-state index in [4.69, 9.17) is 9.73 Å². The molecule has 2 saturated carbocycles. The zero-order valence-corrected chi connectivity index (χ0v) is 18.5. The average Bonchev–Trinajstić information content (AvgIpc) is 3.07. The van der Waals surface area contributed by atoms with Crippen molar-refractivity contribution in [2.24, 2.45) is 22.2 Å². The molecule has 6 heteroatoms. The number of aromatic hydroxyl groups is 1. The molecule has 2 fully saturated rings. The summed E-state index contributed by atoms with van der Waals surface area (Å²) in [5, 5.41) is 22.1. The normalized spacial score (nSPS) is 32.0. The predicted molar refractivity (Wildman–Crippen MR) is 122 cm³/mol. The maximum atomic E-state index is 11.4. The number of non-ortho nitro benzene ring substituents is 1.